The summed E-state index contributed by atoms with van der Waals surface area (Å²) in [6.07, 6.45) is 1.99. The molecular formula is C25H21N5O2. The van der Waals surface area contributed by atoms with E-state index in [0.717, 1.165) is 27.7 Å². The molecule has 0 aliphatic rings. The van der Waals surface area contributed by atoms with Gasteiger partial charge in [-0.2, -0.15) is 5.10 Å². The lowest BCUT2D eigenvalue weighted by Gasteiger charge is -2.13. The highest BCUT2D eigenvalue weighted by Crippen LogP contribution is 2.29. The Bertz CT molecular complexity index is 1500. The minimum absolute atomic E-state index is 0.0664. The summed E-state index contributed by atoms with van der Waals surface area (Å²) < 4.78 is 1.68. The number of benzene rings is 2. The molecule has 0 amide bonds. The molecule has 0 aliphatic carbocycles. The van der Waals surface area contributed by atoms with Crippen LogP contribution in [0.1, 0.15) is 11.3 Å². The van der Waals surface area contributed by atoms with Crippen LogP contribution in [0.2, 0.25) is 0 Å². The third-order valence-electron chi connectivity index (χ3n) is 5.36. The summed E-state index contributed by atoms with van der Waals surface area (Å²) in [5, 5.41) is 10.1. The van der Waals surface area contributed by atoms with Crippen molar-refractivity contribution in [3.8, 4) is 0 Å². The molecule has 5 rings (SSSR count). The molecule has 3 aromatic heterocycles. The highest BCUT2D eigenvalue weighted by atomic mass is 16.1. The molecule has 0 bridgehead atoms. The van der Waals surface area contributed by atoms with Gasteiger partial charge in [-0.3, -0.25) is 9.59 Å². The van der Waals surface area contributed by atoms with Crippen molar-refractivity contribution in [1.29, 1.82) is 0 Å². The van der Waals surface area contributed by atoms with Crippen LogP contribution in [-0.4, -0.2) is 25.5 Å². The van der Waals surface area contributed by atoms with E-state index in [0.29, 0.717) is 23.3 Å². The van der Waals surface area contributed by atoms with Crippen LogP contribution in [0.3, 0.4) is 0 Å². The third kappa shape index (κ3) is 3.76. The van der Waals surface area contributed by atoms with Gasteiger partial charge in [-0.1, -0.05) is 48.5 Å². The van der Waals surface area contributed by atoms with Gasteiger partial charge < -0.3 is 10.3 Å². The monoisotopic (exact) mass is 423 g/mol. The zero-order chi connectivity index (χ0) is 22.1. The first-order chi connectivity index (χ1) is 15.6. The van der Waals surface area contributed by atoms with Crippen molar-refractivity contribution >= 4 is 39.1 Å². The minimum atomic E-state index is -0.176. The number of aromatic amines is 1. The molecule has 0 saturated heterocycles. The quantitative estimate of drug-likeness (QED) is 0.401. The summed E-state index contributed by atoms with van der Waals surface area (Å²) in [6.45, 7) is 2.05. The maximum Gasteiger partial charge on any atom is 0.257 e. The molecule has 0 spiro atoms. The van der Waals surface area contributed by atoms with Crippen molar-refractivity contribution in [2.24, 2.45) is 0 Å². The van der Waals surface area contributed by atoms with E-state index in [-0.39, 0.29) is 17.9 Å². The summed E-state index contributed by atoms with van der Waals surface area (Å²) in [5.41, 5.74) is 2.88. The molecule has 2 N–H and O–H groups in total. The number of fused-ring (bicyclic) bond motifs is 3. The fourth-order valence-electron chi connectivity index (χ4n) is 3.96. The van der Waals surface area contributed by atoms with Crippen LogP contribution >= 0.6 is 0 Å². The van der Waals surface area contributed by atoms with Gasteiger partial charge in [0.2, 0.25) is 0 Å². The lowest BCUT2D eigenvalue weighted by Crippen LogP contribution is -2.15. The maximum atomic E-state index is 12.7. The fraction of sp³-hybridized carbons (Fsp3) is 0.120. The number of nitrogens with one attached hydrogen (secondary N) is 2. The van der Waals surface area contributed by atoms with E-state index in [1.165, 1.54) is 0 Å². The molecule has 2 aromatic carbocycles. The molecule has 0 radical (unpaired) electrons. The SMILES string of the molecule is Cc1cc(Nc2ccnc3[nH]c(=O)c4ccccc4c23)n(CC(=O)Cc2ccccc2)n1. The molecule has 0 unspecified atom stereocenters. The Kier molecular flexibility index (Phi) is 4.99. The fourth-order valence-corrected chi connectivity index (χ4v) is 3.96. The number of carbonyl (C=O) groups excluding carboxylic acids is 1. The molecule has 5 aromatic rings. The number of aryl methyl sites for hydroxylation is 1. The van der Waals surface area contributed by atoms with Crippen LogP contribution in [0, 0.1) is 6.92 Å². The number of rotatable bonds is 6. The Balaban J connectivity index is 1.51. The van der Waals surface area contributed by atoms with Gasteiger partial charge in [0, 0.05) is 34.8 Å². The van der Waals surface area contributed by atoms with Crippen LogP contribution in [0.5, 0.6) is 0 Å². The van der Waals surface area contributed by atoms with Gasteiger partial charge in [0.25, 0.3) is 5.56 Å². The number of Topliss-reactive ketones (excluding diaryl/α,β-unsaturated/α-hetero) is 1. The molecule has 7 heteroatoms. The van der Waals surface area contributed by atoms with Gasteiger partial charge in [0.1, 0.15) is 18.0 Å². The Hall–Kier alpha value is -4.26. The van der Waals surface area contributed by atoms with Gasteiger partial charge in [0.15, 0.2) is 5.78 Å². The second-order valence-corrected chi connectivity index (χ2v) is 7.74. The van der Waals surface area contributed by atoms with Gasteiger partial charge in [0.05, 0.1) is 11.4 Å². The van der Waals surface area contributed by atoms with Crippen LogP contribution in [0.15, 0.2) is 77.7 Å². The topological polar surface area (TPSA) is 92.7 Å². The predicted octanol–water partition coefficient (Wildman–Crippen LogP) is 4.14. The maximum absolute atomic E-state index is 12.7. The molecule has 0 saturated carbocycles. The van der Waals surface area contributed by atoms with E-state index < -0.39 is 0 Å². The first-order valence-electron chi connectivity index (χ1n) is 10.4. The van der Waals surface area contributed by atoms with Crippen molar-refractivity contribution in [1.82, 2.24) is 19.7 Å². The zero-order valence-corrected chi connectivity index (χ0v) is 17.5. The van der Waals surface area contributed by atoms with E-state index in [1.807, 2.05) is 67.6 Å². The molecule has 0 atom stereocenters. The van der Waals surface area contributed by atoms with Crippen molar-refractivity contribution in [3.63, 3.8) is 0 Å². The minimum Gasteiger partial charge on any atom is -0.340 e. The molecular weight excluding hydrogens is 402 g/mol. The summed E-state index contributed by atoms with van der Waals surface area (Å²) in [6, 6.07) is 20.9. The predicted molar refractivity (Wildman–Crippen MR) is 125 cm³/mol. The smallest absolute Gasteiger partial charge is 0.257 e. The number of nitrogens with zero attached hydrogens (tertiary/aromatic N) is 3. The van der Waals surface area contributed by atoms with Crippen LogP contribution < -0.4 is 10.9 Å². The molecule has 7 nitrogen and oxygen atoms in total. The first-order valence-corrected chi connectivity index (χ1v) is 10.4. The molecule has 158 valence electrons. The number of anilines is 2. The molecule has 0 aliphatic heterocycles. The summed E-state index contributed by atoms with van der Waals surface area (Å²) >= 11 is 0. The lowest BCUT2D eigenvalue weighted by atomic mass is 10.1. The van der Waals surface area contributed by atoms with Crippen molar-refractivity contribution in [2.45, 2.75) is 19.9 Å². The van der Waals surface area contributed by atoms with Crippen LogP contribution in [-0.2, 0) is 17.8 Å². The number of H-pyrrole nitrogens is 1. The highest BCUT2D eigenvalue weighted by Gasteiger charge is 2.14. The third-order valence-corrected chi connectivity index (χ3v) is 5.36. The lowest BCUT2D eigenvalue weighted by molar-refractivity contribution is -0.119. The Labute approximate surface area is 183 Å². The van der Waals surface area contributed by atoms with E-state index in [4.69, 9.17) is 0 Å². The summed E-state index contributed by atoms with van der Waals surface area (Å²) in [4.78, 5) is 32.3. The standard InChI is InChI=1S/C25H21N5O2/c1-16-13-22(30(29-16)15-18(31)14-17-7-3-2-4-8-17)27-21-11-12-26-24-23(21)19-9-5-6-10-20(19)25(32)28-24/h2-13H,14-15H2,1H3,(H2,26,27,28,32). The number of hydrogen-bond donors (Lipinski definition) is 2. The van der Waals surface area contributed by atoms with Crippen molar-refractivity contribution in [2.75, 3.05) is 5.32 Å². The average Bonchev–Trinajstić information content (AvgIpc) is 3.13. The normalized spacial score (nSPS) is 11.2. The number of ketones is 1. The second-order valence-electron chi connectivity index (χ2n) is 7.74. The van der Waals surface area contributed by atoms with Crippen molar-refractivity contribution < 1.29 is 4.79 Å². The van der Waals surface area contributed by atoms with Crippen LogP contribution in [0.25, 0.3) is 21.8 Å². The van der Waals surface area contributed by atoms with E-state index >= 15 is 0 Å². The summed E-state index contributed by atoms with van der Waals surface area (Å²) in [7, 11) is 0. The molecule has 0 fully saturated rings. The average molecular weight is 423 g/mol. The molecule has 32 heavy (non-hydrogen) atoms. The molecule has 3 heterocycles. The van der Waals surface area contributed by atoms with Gasteiger partial charge in [-0.25, -0.2) is 9.67 Å². The zero-order valence-electron chi connectivity index (χ0n) is 17.5. The summed E-state index contributed by atoms with van der Waals surface area (Å²) in [5.74, 6) is 0.767. The largest absolute Gasteiger partial charge is 0.340 e. The first kappa shape index (κ1) is 19.7. The number of aromatic nitrogens is 4. The van der Waals surface area contributed by atoms with Gasteiger partial charge in [-0.05, 0) is 24.6 Å². The number of hydrogen-bond acceptors (Lipinski definition) is 5. The van der Waals surface area contributed by atoms with Crippen molar-refractivity contribution in [3.05, 3.63) is 94.5 Å². The number of pyridine rings is 2. The highest BCUT2D eigenvalue weighted by molar-refractivity contribution is 6.10. The Morgan fingerprint density at radius 2 is 1.78 bits per heavy atom. The van der Waals surface area contributed by atoms with E-state index in [1.54, 1.807) is 16.9 Å². The van der Waals surface area contributed by atoms with Gasteiger partial charge >= 0.3 is 0 Å². The van der Waals surface area contributed by atoms with E-state index in [9.17, 15) is 9.59 Å². The van der Waals surface area contributed by atoms with E-state index in [2.05, 4.69) is 20.4 Å². The Morgan fingerprint density at radius 3 is 2.59 bits per heavy atom. The van der Waals surface area contributed by atoms with Crippen LogP contribution in [0.4, 0.5) is 11.5 Å². The second kappa shape index (κ2) is 8.11. The van der Waals surface area contributed by atoms with Gasteiger partial charge in [-0.15, -0.1) is 0 Å². The number of carbonyl (C=O) groups is 1. The Morgan fingerprint density at radius 1 is 1.03 bits per heavy atom.